The standard InChI is InChI=1S/C19H21N3S.C4H4O4/c1-14(12-21(2)3)13-22-16-6-4-5-7-18(16)23-19-9-8-15(11-20)10-17(19)22;5-3(6)1-2-4(7)8/h4-10,14H,12-13H2,1-3H3;1-2H,(H,5,6)(H,7,8)/b;2-1+. The zero-order chi connectivity index (χ0) is 23.0. The summed E-state index contributed by atoms with van der Waals surface area (Å²) in [4.78, 5) is 26.2. The highest BCUT2D eigenvalue weighted by molar-refractivity contribution is 7.99. The van der Waals surface area contributed by atoms with Gasteiger partial charge in [-0.25, -0.2) is 9.59 Å². The van der Waals surface area contributed by atoms with Gasteiger partial charge in [0.15, 0.2) is 0 Å². The van der Waals surface area contributed by atoms with E-state index in [1.807, 2.05) is 12.1 Å². The van der Waals surface area contributed by atoms with Crippen LogP contribution in [-0.2, 0) is 9.59 Å². The van der Waals surface area contributed by atoms with Gasteiger partial charge < -0.3 is 20.0 Å². The Balaban J connectivity index is 0.000000366. The number of aliphatic carboxylic acids is 2. The Hall–Kier alpha value is -3.28. The number of nitriles is 1. The molecule has 1 aliphatic rings. The second kappa shape index (κ2) is 11.2. The summed E-state index contributed by atoms with van der Waals surface area (Å²) >= 11 is 1.78. The molecule has 0 radical (unpaired) electrons. The lowest BCUT2D eigenvalue weighted by atomic mass is 10.1. The Morgan fingerprint density at radius 2 is 1.71 bits per heavy atom. The van der Waals surface area contributed by atoms with E-state index in [0.29, 0.717) is 23.6 Å². The summed E-state index contributed by atoms with van der Waals surface area (Å²) in [5.74, 6) is -1.99. The molecule has 31 heavy (non-hydrogen) atoms. The molecule has 0 aromatic heterocycles. The Labute approximate surface area is 186 Å². The molecule has 2 N–H and O–H groups in total. The molecular formula is C23H25N3O4S. The van der Waals surface area contributed by atoms with Crippen LogP contribution < -0.4 is 4.90 Å². The van der Waals surface area contributed by atoms with Crippen LogP contribution in [0.15, 0.2) is 64.4 Å². The quantitative estimate of drug-likeness (QED) is 0.649. The van der Waals surface area contributed by atoms with Crippen LogP contribution in [0.1, 0.15) is 12.5 Å². The van der Waals surface area contributed by atoms with E-state index in [1.165, 1.54) is 15.5 Å². The van der Waals surface area contributed by atoms with E-state index in [2.05, 4.69) is 67.2 Å². The fourth-order valence-electron chi connectivity index (χ4n) is 3.23. The predicted molar refractivity (Wildman–Crippen MR) is 121 cm³/mol. The molecule has 0 amide bonds. The van der Waals surface area contributed by atoms with E-state index in [-0.39, 0.29) is 0 Å². The molecule has 2 aromatic rings. The van der Waals surface area contributed by atoms with Gasteiger partial charge in [-0.3, -0.25) is 0 Å². The van der Waals surface area contributed by atoms with Crippen molar-refractivity contribution in [3.63, 3.8) is 0 Å². The topological polar surface area (TPSA) is 105 Å². The van der Waals surface area contributed by atoms with Gasteiger partial charge in [0, 0.05) is 35.0 Å². The van der Waals surface area contributed by atoms with Crippen molar-refractivity contribution in [3.05, 3.63) is 60.2 Å². The summed E-state index contributed by atoms with van der Waals surface area (Å²) in [5, 5.41) is 24.9. The minimum Gasteiger partial charge on any atom is -0.478 e. The molecule has 3 rings (SSSR count). The average molecular weight is 440 g/mol. The molecule has 0 fully saturated rings. The highest BCUT2D eigenvalue weighted by Crippen LogP contribution is 2.48. The van der Waals surface area contributed by atoms with E-state index in [0.717, 1.165) is 18.8 Å². The van der Waals surface area contributed by atoms with Crippen LogP contribution in [0.5, 0.6) is 0 Å². The summed E-state index contributed by atoms with van der Waals surface area (Å²) in [6, 6.07) is 16.8. The van der Waals surface area contributed by atoms with Gasteiger partial charge in [-0.1, -0.05) is 30.8 Å². The lowest BCUT2D eigenvalue weighted by molar-refractivity contribution is -0.134. The van der Waals surface area contributed by atoms with Crippen LogP contribution in [-0.4, -0.2) is 54.2 Å². The number of carbonyl (C=O) groups is 2. The van der Waals surface area contributed by atoms with Gasteiger partial charge in [0.1, 0.15) is 0 Å². The SMILES string of the molecule is CC(CN(C)C)CN1c2ccccc2Sc2ccc(C#N)cc21.O=C(O)/C=C/C(=O)O. The summed E-state index contributed by atoms with van der Waals surface area (Å²) in [6.07, 6.45) is 1.12. The molecular weight excluding hydrogens is 414 g/mol. The highest BCUT2D eigenvalue weighted by atomic mass is 32.2. The molecule has 1 aliphatic heterocycles. The third-order valence-electron chi connectivity index (χ3n) is 4.29. The van der Waals surface area contributed by atoms with Crippen LogP contribution in [0.25, 0.3) is 0 Å². The van der Waals surface area contributed by atoms with Crippen molar-refractivity contribution < 1.29 is 19.8 Å². The first kappa shape index (κ1) is 24.0. The molecule has 8 heteroatoms. The maximum Gasteiger partial charge on any atom is 0.328 e. The molecule has 1 unspecified atom stereocenters. The number of nitrogens with zero attached hydrogens (tertiary/aromatic N) is 3. The third-order valence-corrected chi connectivity index (χ3v) is 5.42. The van der Waals surface area contributed by atoms with Gasteiger partial charge in [0.25, 0.3) is 0 Å². The van der Waals surface area contributed by atoms with Crippen LogP contribution in [0, 0.1) is 17.2 Å². The van der Waals surface area contributed by atoms with Crippen LogP contribution >= 0.6 is 11.8 Å². The molecule has 0 bridgehead atoms. The first-order valence-electron chi connectivity index (χ1n) is 9.58. The minimum absolute atomic E-state index is 0.528. The van der Waals surface area contributed by atoms with Crippen molar-refractivity contribution in [2.75, 3.05) is 32.1 Å². The smallest absolute Gasteiger partial charge is 0.328 e. The Morgan fingerprint density at radius 3 is 2.29 bits per heavy atom. The summed E-state index contributed by atoms with van der Waals surface area (Å²) in [6.45, 7) is 4.26. The zero-order valence-electron chi connectivity index (χ0n) is 17.6. The molecule has 0 spiro atoms. The van der Waals surface area contributed by atoms with Crippen molar-refractivity contribution in [2.24, 2.45) is 5.92 Å². The van der Waals surface area contributed by atoms with E-state index in [1.54, 1.807) is 11.8 Å². The second-order valence-corrected chi connectivity index (χ2v) is 8.44. The van der Waals surface area contributed by atoms with Gasteiger partial charge in [0.05, 0.1) is 23.0 Å². The zero-order valence-corrected chi connectivity index (χ0v) is 18.5. The molecule has 1 heterocycles. The van der Waals surface area contributed by atoms with E-state index < -0.39 is 11.9 Å². The second-order valence-electron chi connectivity index (χ2n) is 7.35. The lowest BCUT2D eigenvalue weighted by Crippen LogP contribution is -2.31. The van der Waals surface area contributed by atoms with Gasteiger partial charge in [-0.05, 0) is 50.3 Å². The lowest BCUT2D eigenvalue weighted by Gasteiger charge is -2.35. The van der Waals surface area contributed by atoms with Crippen LogP contribution in [0.4, 0.5) is 11.4 Å². The van der Waals surface area contributed by atoms with E-state index in [4.69, 9.17) is 10.2 Å². The molecule has 1 atom stereocenters. The van der Waals surface area contributed by atoms with Crippen molar-refractivity contribution in [1.82, 2.24) is 4.90 Å². The highest BCUT2D eigenvalue weighted by Gasteiger charge is 2.24. The normalized spacial score (nSPS) is 12.9. The molecule has 0 aliphatic carbocycles. The fourth-order valence-corrected chi connectivity index (χ4v) is 4.31. The largest absolute Gasteiger partial charge is 0.478 e. The van der Waals surface area contributed by atoms with Crippen molar-refractivity contribution in [2.45, 2.75) is 16.7 Å². The number of para-hydroxylation sites is 1. The number of hydrogen-bond acceptors (Lipinski definition) is 6. The molecule has 0 saturated carbocycles. The number of carboxylic acid groups (broad SMARTS) is 2. The van der Waals surface area contributed by atoms with Gasteiger partial charge in [-0.15, -0.1) is 0 Å². The molecule has 0 saturated heterocycles. The Bertz CT molecular complexity index is 998. The van der Waals surface area contributed by atoms with Crippen molar-refractivity contribution >= 4 is 35.1 Å². The number of benzene rings is 2. The summed E-state index contributed by atoms with van der Waals surface area (Å²) in [5.41, 5.74) is 3.11. The van der Waals surface area contributed by atoms with Gasteiger partial charge in [-0.2, -0.15) is 5.26 Å². The van der Waals surface area contributed by atoms with Crippen molar-refractivity contribution in [3.8, 4) is 6.07 Å². The van der Waals surface area contributed by atoms with Crippen molar-refractivity contribution in [1.29, 1.82) is 5.26 Å². The predicted octanol–water partition coefficient (Wildman–Crippen LogP) is 4.07. The maximum atomic E-state index is 9.55. The van der Waals surface area contributed by atoms with Crippen LogP contribution in [0.2, 0.25) is 0 Å². The first-order valence-corrected chi connectivity index (χ1v) is 10.4. The monoisotopic (exact) mass is 439 g/mol. The Morgan fingerprint density at radius 1 is 1.10 bits per heavy atom. The summed E-state index contributed by atoms with van der Waals surface area (Å²) < 4.78 is 0. The molecule has 162 valence electrons. The van der Waals surface area contributed by atoms with Crippen LogP contribution in [0.3, 0.4) is 0 Å². The number of anilines is 2. The number of hydrogen-bond donors (Lipinski definition) is 2. The fraction of sp³-hybridized carbons (Fsp3) is 0.261. The van der Waals surface area contributed by atoms with E-state index in [9.17, 15) is 14.9 Å². The first-order chi connectivity index (χ1) is 14.7. The van der Waals surface area contributed by atoms with Gasteiger partial charge in [0.2, 0.25) is 0 Å². The molecule has 7 nitrogen and oxygen atoms in total. The minimum atomic E-state index is -1.26. The maximum absolute atomic E-state index is 9.55. The Kier molecular flexibility index (Phi) is 8.67. The van der Waals surface area contributed by atoms with Gasteiger partial charge >= 0.3 is 11.9 Å². The number of carboxylic acids is 2. The third kappa shape index (κ3) is 7.17. The average Bonchev–Trinajstić information content (AvgIpc) is 2.71. The number of fused-ring (bicyclic) bond motifs is 2. The van der Waals surface area contributed by atoms with E-state index >= 15 is 0 Å². The molecule has 2 aromatic carbocycles. The number of rotatable bonds is 6. The summed E-state index contributed by atoms with van der Waals surface area (Å²) in [7, 11) is 4.22.